The number of rotatable bonds is 4. The van der Waals surface area contributed by atoms with E-state index in [-0.39, 0.29) is 18.0 Å². The molecule has 136 valence electrons. The van der Waals surface area contributed by atoms with Crippen LogP contribution in [0.2, 0.25) is 5.02 Å². The lowest BCUT2D eigenvalue weighted by molar-refractivity contribution is -0.117. The molecule has 0 spiro atoms. The summed E-state index contributed by atoms with van der Waals surface area (Å²) in [5, 5.41) is 6.27. The number of hydrogen-bond acceptors (Lipinski definition) is 2. The van der Waals surface area contributed by atoms with E-state index >= 15 is 0 Å². The van der Waals surface area contributed by atoms with Crippen LogP contribution in [0.1, 0.15) is 23.1 Å². The number of nitrogens with one attached hydrogen (secondary N) is 2. The van der Waals surface area contributed by atoms with E-state index in [9.17, 15) is 9.59 Å². The van der Waals surface area contributed by atoms with Crippen LogP contribution in [-0.4, -0.2) is 24.5 Å². The lowest BCUT2D eigenvalue weighted by Crippen LogP contribution is -2.43. The zero-order valence-electron chi connectivity index (χ0n) is 14.9. The Labute approximate surface area is 158 Å². The zero-order chi connectivity index (χ0) is 18.7. The minimum atomic E-state index is -0.301. The molecule has 1 heterocycles. The molecule has 5 nitrogen and oxygen atoms in total. The van der Waals surface area contributed by atoms with Crippen LogP contribution in [0.25, 0.3) is 0 Å². The van der Waals surface area contributed by atoms with Gasteiger partial charge in [-0.15, -0.1) is 0 Å². The van der Waals surface area contributed by atoms with E-state index < -0.39 is 0 Å². The van der Waals surface area contributed by atoms with Crippen molar-refractivity contribution in [1.82, 2.24) is 10.6 Å². The molecule has 0 unspecified atom stereocenters. The molecule has 3 amide bonds. The van der Waals surface area contributed by atoms with Crippen molar-refractivity contribution >= 4 is 29.2 Å². The summed E-state index contributed by atoms with van der Waals surface area (Å²) in [7, 11) is 0. The van der Waals surface area contributed by atoms with Gasteiger partial charge in [0.25, 0.3) is 0 Å². The SMILES string of the molecule is Cc1ccc(N2C[C@@H](NC(=O)NCc3ccccc3Cl)CC2=O)cc1C. The summed E-state index contributed by atoms with van der Waals surface area (Å²) < 4.78 is 0. The number of amides is 3. The predicted molar refractivity (Wildman–Crippen MR) is 103 cm³/mol. The molecule has 2 aromatic rings. The Balaban J connectivity index is 1.56. The first-order valence-corrected chi connectivity index (χ1v) is 8.97. The van der Waals surface area contributed by atoms with E-state index in [4.69, 9.17) is 11.6 Å². The molecule has 2 aromatic carbocycles. The fourth-order valence-corrected chi connectivity index (χ4v) is 3.20. The topological polar surface area (TPSA) is 61.4 Å². The van der Waals surface area contributed by atoms with Crippen LogP contribution >= 0.6 is 11.6 Å². The van der Waals surface area contributed by atoms with Crippen molar-refractivity contribution in [2.45, 2.75) is 32.9 Å². The summed E-state index contributed by atoms with van der Waals surface area (Å²) in [5.74, 6) is 0.0182. The fraction of sp³-hybridized carbons (Fsp3) is 0.300. The summed E-state index contributed by atoms with van der Waals surface area (Å²) in [5.41, 5.74) is 4.06. The quantitative estimate of drug-likeness (QED) is 0.863. The Kier molecular flexibility index (Phi) is 5.47. The standard InChI is InChI=1S/C20H22ClN3O2/c1-13-7-8-17(9-14(13)2)24-12-16(10-19(24)25)23-20(26)22-11-15-5-3-4-6-18(15)21/h3-9,16H,10-12H2,1-2H3,(H2,22,23,26)/t16-/m0/s1. The van der Waals surface area contributed by atoms with Gasteiger partial charge in [0, 0.05) is 30.2 Å². The summed E-state index contributed by atoms with van der Waals surface area (Å²) in [6.07, 6.45) is 0.298. The van der Waals surface area contributed by atoms with Gasteiger partial charge in [-0.3, -0.25) is 4.79 Å². The Bertz CT molecular complexity index is 838. The molecule has 0 aliphatic carbocycles. The van der Waals surface area contributed by atoms with Gasteiger partial charge in [-0.2, -0.15) is 0 Å². The first-order valence-electron chi connectivity index (χ1n) is 8.59. The maximum atomic E-state index is 12.3. The Hall–Kier alpha value is -2.53. The van der Waals surface area contributed by atoms with E-state index in [2.05, 4.69) is 10.6 Å². The largest absolute Gasteiger partial charge is 0.334 e. The first-order chi connectivity index (χ1) is 12.4. The molecular formula is C20H22ClN3O2. The number of benzene rings is 2. The second-order valence-electron chi connectivity index (χ2n) is 6.59. The maximum Gasteiger partial charge on any atom is 0.315 e. The molecule has 0 bridgehead atoms. The number of carbonyl (C=O) groups excluding carboxylic acids is 2. The highest BCUT2D eigenvalue weighted by molar-refractivity contribution is 6.31. The van der Waals surface area contributed by atoms with Gasteiger partial charge in [0.2, 0.25) is 5.91 Å². The van der Waals surface area contributed by atoms with Gasteiger partial charge >= 0.3 is 6.03 Å². The number of anilines is 1. The molecular weight excluding hydrogens is 350 g/mol. The van der Waals surface area contributed by atoms with Crippen molar-refractivity contribution in [2.75, 3.05) is 11.4 Å². The number of halogens is 1. The maximum absolute atomic E-state index is 12.3. The average Bonchev–Trinajstić information content (AvgIpc) is 2.97. The van der Waals surface area contributed by atoms with Crippen molar-refractivity contribution in [3.63, 3.8) is 0 Å². The van der Waals surface area contributed by atoms with Crippen LogP contribution in [0.5, 0.6) is 0 Å². The van der Waals surface area contributed by atoms with Crippen molar-refractivity contribution in [3.05, 3.63) is 64.2 Å². The minimum absolute atomic E-state index is 0.0182. The summed E-state index contributed by atoms with van der Waals surface area (Å²) in [6, 6.07) is 12.8. The van der Waals surface area contributed by atoms with Crippen LogP contribution in [-0.2, 0) is 11.3 Å². The van der Waals surface area contributed by atoms with Crippen molar-refractivity contribution in [3.8, 4) is 0 Å². The zero-order valence-corrected chi connectivity index (χ0v) is 15.6. The molecule has 1 aliphatic rings. The van der Waals surface area contributed by atoms with Gasteiger partial charge in [-0.05, 0) is 48.7 Å². The fourth-order valence-electron chi connectivity index (χ4n) is 3.00. The Morgan fingerprint density at radius 3 is 2.69 bits per heavy atom. The molecule has 1 saturated heterocycles. The number of urea groups is 1. The van der Waals surface area contributed by atoms with Gasteiger partial charge in [0.15, 0.2) is 0 Å². The third kappa shape index (κ3) is 4.17. The molecule has 0 aromatic heterocycles. The Morgan fingerprint density at radius 2 is 1.96 bits per heavy atom. The molecule has 26 heavy (non-hydrogen) atoms. The van der Waals surface area contributed by atoms with E-state index in [1.807, 2.05) is 50.2 Å². The lowest BCUT2D eigenvalue weighted by atomic mass is 10.1. The van der Waals surface area contributed by atoms with Crippen molar-refractivity contribution < 1.29 is 9.59 Å². The molecule has 3 rings (SSSR count). The minimum Gasteiger partial charge on any atom is -0.334 e. The van der Waals surface area contributed by atoms with Crippen LogP contribution in [0.4, 0.5) is 10.5 Å². The number of aryl methyl sites for hydroxylation is 2. The van der Waals surface area contributed by atoms with Gasteiger partial charge in [-0.1, -0.05) is 35.9 Å². The second kappa shape index (κ2) is 7.79. The van der Waals surface area contributed by atoms with Crippen LogP contribution < -0.4 is 15.5 Å². The van der Waals surface area contributed by atoms with Crippen LogP contribution in [0.3, 0.4) is 0 Å². The van der Waals surface area contributed by atoms with Crippen molar-refractivity contribution in [2.24, 2.45) is 0 Å². The third-order valence-corrected chi connectivity index (χ3v) is 5.03. The van der Waals surface area contributed by atoms with Gasteiger partial charge < -0.3 is 15.5 Å². The molecule has 2 N–H and O–H groups in total. The van der Waals surface area contributed by atoms with Crippen LogP contribution in [0, 0.1) is 13.8 Å². The Morgan fingerprint density at radius 1 is 1.19 bits per heavy atom. The van der Waals surface area contributed by atoms with E-state index in [1.165, 1.54) is 5.56 Å². The van der Waals surface area contributed by atoms with Gasteiger partial charge in [-0.25, -0.2) is 4.79 Å². The smallest absolute Gasteiger partial charge is 0.315 e. The highest BCUT2D eigenvalue weighted by Gasteiger charge is 2.31. The molecule has 1 atom stereocenters. The number of carbonyl (C=O) groups is 2. The number of nitrogens with zero attached hydrogens (tertiary/aromatic N) is 1. The molecule has 6 heteroatoms. The molecule has 1 aliphatic heterocycles. The molecule has 0 saturated carbocycles. The van der Waals surface area contributed by atoms with Crippen LogP contribution in [0.15, 0.2) is 42.5 Å². The molecule has 0 radical (unpaired) electrons. The average molecular weight is 372 g/mol. The highest BCUT2D eigenvalue weighted by atomic mass is 35.5. The second-order valence-corrected chi connectivity index (χ2v) is 7.00. The summed E-state index contributed by atoms with van der Waals surface area (Å²) in [4.78, 5) is 26.2. The van der Waals surface area contributed by atoms with E-state index in [0.717, 1.165) is 16.8 Å². The summed E-state index contributed by atoms with van der Waals surface area (Å²) >= 11 is 6.08. The van der Waals surface area contributed by atoms with Gasteiger partial charge in [0.05, 0.1) is 6.04 Å². The third-order valence-electron chi connectivity index (χ3n) is 4.66. The number of hydrogen-bond donors (Lipinski definition) is 2. The first kappa shape index (κ1) is 18.3. The van der Waals surface area contributed by atoms with Gasteiger partial charge in [0.1, 0.15) is 0 Å². The van der Waals surface area contributed by atoms with E-state index in [1.54, 1.807) is 11.0 Å². The monoisotopic (exact) mass is 371 g/mol. The molecule has 1 fully saturated rings. The highest BCUT2D eigenvalue weighted by Crippen LogP contribution is 2.24. The normalized spacial score (nSPS) is 16.7. The lowest BCUT2D eigenvalue weighted by Gasteiger charge is -2.18. The predicted octanol–water partition coefficient (Wildman–Crippen LogP) is 3.56. The summed E-state index contributed by atoms with van der Waals surface area (Å²) in [6.45, 7) is 4.88. The van der Waals surface area contributed by atoms with Crippen molar-refractivity contribution in [1.29, 1.82) is 0 Å². The van der Waals surface area contributed by atoms with E-state index in [0.29, 0.717) is 24.5 Å².